The van der Waals surface area contributed by atoms with Crippen molar-refractivity contribution in [1.82, 2.24) is 5.16 Å². The molecular weight excluding hydrogens is 423 g/mol. The molecule has 11 heteroatoms. The lowest BCUT2D eigenvalue weighted by molar-refractivity contribution is -0.142. The summed E-state index contributed by atoms with van der Waals surface area (Å²) in [6.45, 7) is 1.58. The van der Waals surface area contributed by atoms with Crippen molar-refractivity contribution in [3.05, 3.63) is 39.6 Å². The number of halogens is 5. The molecule has 0 saturated carbocycles. The highest BCUT2D eigenvalue weighted by molar-refractivity contribution is 6.75. The third kappa shape index (κ3) is 4.07. The molecule has 0 amide bonds. The number of nitrogens with two attached hydrogens (primary N) is 1. The second-order valence-electron chi connectivity index (χ2n) is 4.41. The average molecular weight is 431 g/mol. The standard InChI is InChI=1S/C13H8Cl5N3O3/c1-5-8(11(19)21-24-12(22)13(16,17)18)10(20-23-5)9-6(14)3-2-4-7(9)15/h2-4H,1H3,(H2,19,21). The molecule has 1 aromatic carbocycles. The molecule has 2 aromatic rings. The topological polar surface area (TPSA) is 90.7 Å². The summed E-state index contributed by atoms with van der Waals surface area (Å²) in [5.74, 6) is -1.16. The molecule has 128 valence electrons. The summed E-state index contributed by atoms with van der Waals surface area (Å²) in [5, 5.41) is 7.97. The van der Waals surface area contributed by atoms with E-state index in [4.69, 9.17) is 68.3 Å². The summed E-state index contributed by atoms with van der Waals surface area (Å²) in [6, 6.07) is 4.90. The molecule has 6 nitrogen and oxygen atoms in total. The van der Waals surface area contributed by atoms with Gasteiger partial charge in [0.15, 0.2) is 5.84 Å². The van der Waals surface area contributed by atoms with Crippen LogP contribution in [0.25, 0.3) is 11.3 Å². The molecule has 1 aromatic heterocycles. The number of aryl methyl sites for hydroxylation is 1. The van der Waals surface area contributed by atoms with Crippen LogP contribution in [0.15, 0.2) is 27.9 Å². The highest BCUT2D eigenvalue weighted by atomic mass is 35.6. The Morgan fingerprint density at radius 1 is 1.29 bits per heavy atom. The lowest BCUT2D eigenvalue weighted by Crippen LogP contribution is -2.22. The molecule has 1 heterocycles. The van der Waals surface area contributed by atoms with Gasteiger partial charge in [-0.05, 0) is 19.1 Å². The maximum absolute atomic E-state index is 11.4. The predicted molar refractivity (Wildman–Crippen MR) is 93.8 cm³/mol. The molecular formula is C13H8Cl5N3O3. The van der Waals surface area contributed by atoms with Crippen LogP contribution in [0.1, 0.15) is 11.3 Å². The molecule has 0 unspecified atom stereocenters. The van der Waals surface area contributed by atoms with Crippen LogP contribution >= 0.6 is 58.0 Å². The van der Waals surface area contributed by atoms with Crippen LogP contribution in [0, 0.1) is 6.92 Å². The third-order valence-corrected chi connectivity index (χ3v) is 3.87. The van der Waals surface area contributed by atoms with Gasteiger partial charge in [0.05, 0.1) is 15.6 Å². The van der Waals surface area contributed by atoms with Crippen molar-refractivity contribution >= 4 is 69.8 Å². The first kappa shape index (κ1) is 19.1. The van der Waals surface area contributed by atoms with E-state index in [0.717, 1.165) is 0 Å². The summed E-state index contributed by atoms with van der Waals surface area (Å²) in [5.41, 5.74) is 6.68. The van der Waals surface area contributed by atoms with Crippen molar-refractivity contribution in [3.63, 3.8) is 0 Å². The molecule has 0 aliphatic rings. The number of oxime groups is 1. The Balaban J connectivity index is 2.46. The maximum Gasteiger partial charge on any atom is 0.386 e. The first-order chi connectivity index (χ1) is 11.1. The van der Waals surface area contributed by atoms with Crippen molar-refractivity contribution in [2.45, 2.75) is 10.7 Å². The minimum absolute atomic E-state index is 0.231. The van der Waals surface area contributed by atoms with Gasteiger partial charge >= 0.3 is 5.97 Å². The molecule has 24 heavy (non-hydrogen) atoms. The van der Waals surface area contributed by atoms with Crippen LogP contribution in [0.4, 0.5) is 0 Å². The average Bonchev–Trinajstić information content (AvgIpc) is 2.85. The van der Waals surface area contributed by atoms with Gasteiger partial charge in [-0.2, -0.15) is 0 Å². The number of hydrogen-bond acceptors (Lipinski definition) is 5. The van der Waals surface area contributed by atoms with Gasteiger partial charge < -0.3 is 15.1 Å². The minimum atomic E-state index is -2.29. The van der Waals surface area contributed by atoms with Crippen molar-refractivity contribution < 1.29 is 14.2 Å². The SMILES string of the molecule is Cc1onc(-c2c(Cl)cccc2Cl)c1/C(N)=N/OC(=O)C(Cl)(Cl)Cl. The number of carbonyl (C=O) groups excluding carboxylic acids is 1. The molecule has 0 saturated heterocycles. The fourth-order valence-corrected chi connectivity index (χ4v) is 2.44. The van der Waals surface area contributed by atoms with Crippen LogP contribution in [-0.2, 0) is 9.63 Å². The summed E-state index contributed by atoms with van der Waals surface area (Å²) in [6.07, 6.45) is 0. The Morgan fingerprint density at radius 2 is 1.88 bits per heavy atom. The van der Waals surface area contributed by atoms with E-state index in [1.54, 1.807) is 25.1 Å². The van der Waals surface area contributed by atoms with Crippen molar-refractivity contribution in [1.29, 1.82) is 0 Å². The zero-order valence-corrected chi connectivity index (χ0v) is 15.6. The third-order valence-electron chi connectivity index (χ3n) is 2.78. The number of nitrogens with zero attached hydrogens (tertiary/aromatic N) is 2. The second kappa shape index (κ2) is 7.37. The number of amidine groups is 1. The van der Waals surface area contributed by atoms with E-state index in [9.17, 15) is 4.79 Å². The molecule has 0 atom stereocenters. The van der Waals surface area contributed by atoms with E-state index in [2.05, 4.69) is 15.1 Å². The Kier molecular flexibility index (Phi) is 5.88. The predicted octanol–water partition coefficient (Wildman–Crippen LogP) is 4.49. The number of hydrogen-bond donors (Lipinski definition) is 1. The molecule has 0 aliphatic heterocycles. The number of aromatic nitrogens is 1. The molecule has 0 spiro atoms. The molecule has 2 N–H and O–H groups in total. The minimum Gasteiger partial charge on any atom is -0.380 e. The summed E-state index contributed by atoms with van der Waals surface area (Å²) >= 11 is 28.4. The van der Waals surface area contributed by atoms with Crippen LogP contribution in [-0.4, -0.2) is 20.8 Å². The van der Waals surface area contributed by atoms with Gasteiger partial charge in [0, 0.05) is 5.56 Å². The van der Waals surface area contributed by atoms with Gasteiger partial charge in [-0.1, -0.05) is 74.4 Å². The fourth-order valence-electron chi connectivity index (χ4n) is 1.76. The van der Waals surface area contributed by atoms with Gasteiger partial charge in [0.1, 0.15) is 11.5 Å². The lowest BCUT2D eigenvalue weighted by Gasteiger charge is -2.08. The molecule has 2 rings (SSSR count). The second-order valence-corrected chi connectivity index (χ2v) is 7.51. The Labute approximate surface area is 161 Å². The van der Waals surface area contributed by atoms with Crippen molar-refractivity contribution in [2.75, 3.05) is 0 Å². The molecule has 0 radical (unpaired) electrons. The number of alkyl halides is 3. The summed E-state index contributed by atoms with van der Waals surface area (Å²) in [7, 11) is 0. The van der Waals surface area contributed by atoms with Gasteiger partial charge in [-0.25, -0.2) is 4.79 Å². The lowest BCUT2D eigenvalue weighted by atomic mass is 10.1. The molecule has 0 aliphatic carbocycles. The van der Waals surface area contributed by atoms with E-state index < -0.39 is 9.76 Å². The van der Waals surface area contributed by atoms with Crippen molar-refractivity contribution in [3.8, 4) is 11.3 Å². The highest BCUT2D eigenvalue weighted by Crippen LogP contribution is 2.36. The number of benzene rings is 1. The van der Waals surface area contributed by atoms with Gasteiger partial charge in [-0.3, -0.25) is 0 Å². The number of carbonyl (C=O) groups is 1. The Bertz CT molecular complexity index is 793. The van der Waals surface area contributed by atoms with Gasteiger partial charge in [0.2, 0.25) is 0 Å². The quantitative estimate of drug-likeness (QED) is 0.254. The Morgan fingerprint density at radius 3 is 2.42 bits per heavy atom. The zero-order valence-electron chi connectivity index (χ0n) is 11.8. The van der Waals surface area contributed by atoms with Crippen LogP contribution in [0.2, 0.25) is 10.0 Å². The van der Waals surface area contributed by atoms with Crippen LogP contribution < -0.4 is 5.73 Å². The van der Waals surface area contributed by atoms with E-state index in [-0.39, 0.29) is 17.1 Å². The van der Waals surface area contributed by atoms with Crippen LogP contribution in [0.3, 0.4) is 0 Å². The largest absolute Gasteiger partial charge is 0.386 e. The number of rotatable bonds is 3. The highest BCUT2D eigenvalue weighted by Gasteiger charge is 2.33. The molecule has 0 bridgehead atoms. The van der Waals surface area contributed by atoms with Crippen molar-refractivity contribution in [2.24, 2.45) is 10.9 Å². The maximum atomic E-state index is 11.4. The smallest absolute Gasteiger partial charge is 0.380 e. The summed E-state index contributed by atoms with van der Waals surface area (Å²) < 4.78 is 2.82. The Hall–Kier alpha value is -1.18. The fraction of sp³-hybridized carbons (Fsp3) is 0.154. The van der Waals surface area contributed by atoms with E-state index in [1.807, 2.05) is 0 Å². The zero-order chi connectivity index (χ0) is 18.1. The van der Waals surface area contributed by atoms with E-state index >= 15 is 0 Å². The first-order valence-corrected chi connectivity index (χ1v) is 8.04. The van der Waals surface area contributed by atoms with Gasteiger partial charge in [-0.15, -0.1) is 0 Å². The summed E-state index contributed by atoms with van der Waals surface area (Å²) in [4.78, 5) is 15.9. The molecule has 0 fully saturated rings. The monoisotopic (exact) mass is 429 g/mol. The van der Waals surface area contributed by atoms with Crippen LogP contribution in [0.5, 0.6) is 0 Å². The first-order valence-electron chi connectivity index (χ1n) is 6.15. The van der Waals surface area contributed by atoms with E-state index in [1.165, 1.54) is 0 Å². The normalized spacial score (nSPS) is 12.3. The van der Waals surface area contributed by atoms with E-state index in [0.29, 0.717) is 21.4 Å². The van der Waals surface area contributed by atoms with Gasteiger partial charge in [0.25, 0.3) is 3.79 Å².